The van der Waals surface area contributed by atoms with Crippen LogP contribution in [-0.4, -0.2) is 18.0 Å². The zero-order valence-electron chi connectivity index (χ0n) is 11.0. The molecule has 0 fully saturated rings. The van der Waals surface area contributed by atoms with Crippen molar-refractivity contribution in [3.05, 3.63) is 33.3 Å². The van der Waals surface area contributed by atoms with Gasteiger partial charge in [-0.05, 0) is 47.0 Å². The summed E-state index contributed by atoms with van der Waals surface area (Å²) in [6, 6.07) is 5.12. The van der Waals surface area contributed by atoms with Crippen LogP contribution in [0.15, 0.2) is 22.7 Å². The van der Waals surface area contributed by atoms with E-state index in [0.29, 0.717) is 17.1 Å². The highest BCUT2D eigenvalue weighted by Crippen LogP contribution is 2.21. The Bertz CT molecular complexity index is 437. The normalized spacial score (nSPS) is 10.8. The minimum absolute atomic E-state index is 0. The van der Waals surface area contributed by atoms with E-state index in [1.54, 1.807) is 18.2 Å². The van der Waals surface area contributed by atoms with Crippen molar-refractivity contribution in [2.24, 2.45) is 5.73 Å². The van der Waals surface area contributed by atoms with Gasteiger partial charge in [0.2, 0.25) is 0 Å². The van der Waals surface area contributed by atoms with Gasteiger partial charge in [-0.25, -0.2) is 0 Å². The topological polar surface area (TPSA) is 55.1 Å². The van der Waals surface area contributed by atoms with Crippen molar-refractivity contribution < 1.29 is 4.79 Å². The second kappa shape index (κ2) is 8.10. The number of nitrogens with two attached hydrogens (primary N) is 1. The van der Waals surface area contributed by atoms with Gasteiger partial charge in [-0.15, -0.1) is 12.4 Å². The molecule has 1 aromatic rings. The first-order valence-electron chi connectivity index (χ1n) is 5.94. The molecule has 0 radical (unpaired) electrons. The lowest BCUT2D eigenvalue weighted by atomic mass is 9.94. The van der Waals surface area contributed by atoms with Crippen molar-refractivity contribution in [2.45, 2.75) is 32.2 Å². The van der Waals surface area contributed by atoms with E-state index in [2.05, 4.69) is 21.2 Å². The van der Waals surface area contributed by atoms with E-state index < -0.39 is 0 Å². The number of nitrogens with one attached hydrogen (secondary N) is 1. The molecule has 0 saturated heterocycles. The van der Waals surface area contributed by atoms with Crippen LogP contribution in [0, 0.1) is 0 Å². The maximum Gasteiger partial charge on any atom is 0.252 e. The first kappa shape index (κ1) is 18.7. The van der Waals surface area contributed by atoms with Gasteiger partial charge in [0.05, 0.1) is 5.56 Å². The lowest BCUT2D eigenvalue weighted by molar-refractivity contribution is 0.0941. The van der Waals surface area contributed by atoms with Crippen molar-refractivity contribution in [1.29, 1.82) is 0 Å². The van der Waals surface area contributed by atoms with E-state index in [9.17, 15) is 4.79 Å². The summed E-state index contributed by atoms with van der Waals surface area (Å²) in [6.07, 6.45) is 1.64. The molecule has 0 unspecified atom stereocenters. The van der Waals surface area contributed by atoms with Crippen molar-refractivity contribution in [1.82, 2.24) is 5.32 Å². The van der Waals surface area contributed by atoms with Crippen LogP contribution in [0.2, 0.25) is 5.02 Å². The summed E-state index contributed by atoms with van der Waals surface area (Å²) in [4.78, 5) is 12.0. The Morgan fingerprint density at radius 3 is 2.53 bits per heavy atom. The Morgan fingerprint density at radius 1 is 1.42 bits per heavy atom. The third-order valence-corrected chi connectivity index (χ3v) is 4.11. The number of carbonyl (C=O) groups is 1. The van der Waals surface area contributed by atoms with E-state index in [1.165, 1.54) is 0 Å². The smallest absolute Gasteiger partial charge is 0.252 e. The lowest BCUT2D eigenvalue weighted by Gasteiger charge is -2.26. The monoisotopic (exact) mass is 368 g/mol. The Labute approximate surface area is 133 Å². The van der Waals surface area contributed by atoms with E-state index in [1.807, 2.05) is 13.8 Å². The van der Waals surface area contributed by atoms with Gasteiger partial charge in [0, 0.05) is 21.6 Å². The molecule has 0 atom stereocenters. The van der Waals surface area contributed by atoms with E-state index in [-0.39, 0.29) is 23.9 Å². The third kappa shape index (κ3) is 5.30. The Morgan fingerprint density at radius 2 is 2.00 bits per heavy atom. The minimum Gasteiger partial charge on any atom is -0.350 e. The summed E-state index contributed by atoms with van der Waals surface area (Å²) in [6.45, 7) is 4.49. The van der Waals surface area contributed by atoms with Gasteiger partial charge in [0.15, 0.2) is 0 Å². The molecule has 0 aliphatic rings. The molecule has 0 saturated carbocycles. The molecule has 0 aliphatic heterocycles. The van der Waals surface area contributed by atoms with Crippen LogP contribution in [0.1, 0.15) is 37.0 Å². The summed E-state index contributed by atoms with van der Waals surface area (Å²) in [7, 11) is 0. The van der Waals surface area contributed by atoms with Gasteiger partial charge in [-0.1, -0.05) is 25.4 Å². The van der Waals surface area contributed by atoms with Crippen LogP contribution < -0.4 is 11.1 Å². The number of hydrogen-bond acceptors (Lipinski definition) is 2. The molecule has 1 aromatic carbocycles. The average molecular weight is 370 g/mol. The minimum atomic E-state index is -0.347. The van der Waals surface area contributed by atoms with Gasteiger partial charge in [0.1, 0.15) is 0 Å². The van der Waals surface area contributed by atoms with E-state index in [0.717, 1.165) is 17.3 Å². The van der Waals surface area contributed by atoms with Crippen molar-refractivity contribution in [3.63, 3.8) is 0 Å². The molecule has 1 rings (SSSR count). The maximum atomic E-state index is 12.0. The molecule has 6 heteroatoms. The molecule has 0 aromatic heterocycles. The summed E-state index contributed by atoms with van der Waals surface area (Å²) in [5, 5.41) is 3.39. The van der Waals surface area contributed by atoms with Gasteiger partial charge < -0.3 is 11.1 Å². The summed E-state index contributed by atoms with van der Waals surface area (Å²) in [5.74, 6) is -0.166. The molecule has 3 N–H and O–H groups in total. The fraction of sp³-hybridized carbons (Fsp3) is 0.462. The molecule has 108 valence electrons. The van der Waals surface area contributed by atoms with Crippen LogP contribution in [0.3, 0.4) is 0 Å². The SMILES string of the molecule is CCC(N)(CC)CNC(=O)c1cc(Cl)ccc1Br.Cl. The molecule has 3 nitrogen and oxygen atoms in total. The first-order chi connectivity index (χ1) is 8.41. The lowest BCUT2D eigenvalue weighted by Crippen LogP contribution is -2.49. The van der Waals surface area contributed by atoms with Crippen molar-refractivity contribution in [2.75, 3.05) is 6.54 Å². The molecular weight excluding hydrogens is 351 g/mol. The molecule has 0 heterocycles. The molecule has 0 spiro atoms. The van der Waals surface area contributed by atoms with Crippen LogP contribution in [0.25, 0.3) is 0 Å². The average Bonchev–Trinajstić information content (AvgIpc) is 2.38. The molecular formula is C13H19BrCl2N2O. The van der Waals surface area contributed by atoms with Crippen LogP contribution >= 0.6 is 39.9 Å². The fourth-order valence-corrected chi connectivity index (χ4v) is 2.12. The highest BCUT2D eigenvalue weighted by molar-refractivity contribution is 9.10. The zero-order valence-corrected chi connectivity index (χ0v) is 14.2. The summed E-state index contributed by atoms with van der Waals surface area (Å²) >= 11 is 9.21. The van der Waals surface area contributed by atoms with Crippen molar-refractivity contribution in [3.8, 4) is 0 Å². The van der Waals surface area contributed by atoms with Crippen molar-refractivity contribution >= 4 is 45.8 Å². The number of hydrogen-bond donors (Lipinski definition) is 2. The quantitative estimate of drug-likeness (QED) is 0.829. The van der Waals surface area contributed by atoms with Crippen LogP contribution in [0.4, 0.5) is 0 Å². The fourth-order valence-electron chi connectivity index (χ4n) is 1.52. The van der Waals surface area contributed by atoms with Gasteiger partial charge >= 0.3 is 0 Å². The second-order valence-corrected chi connectivity index (χ2v) is 5.67. The molecule has 19 heavy (non-hydrogen) atoms. The highest BCUT2D eigenvalue weighted by Gasteiger charge is 2.21. The Hall–Kier alpha value is -0.290. The summed E-state index contributed by atoms with van der Waals surface area (Å²) in [5.41, 5.74) is 6.32. The first-order valence-corrected chi connectivity index (χ1v) is 7.11. The molecule has 1 amide bonds. The number of benzene rings is 1. The Balaban J connectivity index is 0.00000324. The number of halogens is 3. The summed E-state index contributed by atoms with van der Waals surface area (Å²) < 4.78 is 0.722. The predicted molar refractivity (Wildman–Crippen MR) is 86.2 cm³/mol. The van der Waals surface area contributed by atoms with Gasteiger partial charge in [0.25, 0.3) is 5.91 Å². The maximum absolute atomic E-state index is 12.0. The van der Waals surface area contributed by atoms with Gasteiger partial charge in [-0.3, -0.25) is 4.79 Å². The van der Waals surface area contributed by atoms with Crippen LogP contribution in [0.5, 0.6) is 0 Å². The highest BCUT2D eigenvalue weighted by atomic mass is 79.9. The number of amides is 1. The largest absolute Gasteiger partial charge is 0.350 e. The third-order valence-electron chi connectivity index (χ3n) is 3.18. The number of carbonyl (C=O) groups excluding carboxylic acids is 1. The zero-order chi connectivity index (χ0) is 13.8. The standard InChI is InChI=1S/C13H18BrClN2O.ClH/c1-3-13(16,4-2)8-17-12(18)10-7-9(15)5-6-11(10)14;/h5-7H,3-4,8,16H2,1-2H3,(H,17,18);1H. The second-order valence-electron chi connectivity index (χ2n) is 4.38. The molecule has 0 bridgehead atoms. The Kier molecular flexibility index (Phi) is 7.98. The predicted octanol–water partition coefficient (Wildman–Crippen LogP) is 3.77. The van der Waals surface area contributed by atoms with E-state index in [4.69, 9.17) is 17.3 Å². The molecule has 0 aliphatic carbocycles. The van der Waals surface area contributed by atoms with E-state index >= 15 is 0 Å². The van der Waals surface area contributed by atoms with Gasteiger partial charge in [-0.2, -0.15) is 0 Å². The van der Waals surface area contributed by atoms with Crippen LogP contribution in [-0.2, 0) is 0 Å². The number of rotatable bonds is 5.